The summed E-state index contributed by atoms with van der Waals surface area (Å²) in [4.78, 5) is 4.08. The lowest BCUT2D eigenvalue weighted by Crippen LogP contribution is -2.09. The summed E-state index contributed by atoms with van der Waals surface area (Å²) in [5, 5.41) is 3.09. The molecule has 1 heterocycles. The van der Waals surface area contributed by atoms with Gasteiger partial charge in [0.25, 0.3) is 0 Å². The Balaban J connectivity index is 2.55. The summed E-state index contributed by atoms with van der Waals surface area (Å²) in [6, 6.07) is 6.42. The van der Waals surface area contributed by atoms with Crippen LogP contribution < -0.4 is 5.32 Å². The Hall–Kier alpha value is -1.45. The zero-order valence-corrected chi connectivity index (χ0v) is 16.9. The highest BCUT2D eigenvalue weighted by Crippen LogP contribution is 2.35. The van der Waals surface area contributed by atoms with E-state index in [4.69, 9.17) is 0 Å². The molecule has 0 unspecified atom stereocenters. The highest BCUT2D eigenvalue weighted by atomic mass is 32.2. The van der Waals surface area contributed by atoms with Crippen LogP contribution in [0.1, 0.15) is 32.3 Å². The fourth-order valence-electron chi connectivity index (χ4n) is 2.05. The van der Waals surface area contributed by atoms with E-state index in [1.165, 1.54) is 19.1 Å². The quantitative estimate of drug-likeness (QED) is 0.681. The van der Waals surface area contributed by atoms with Gasteiger partial charge in [-0.3, -0.25) is 0 Å². The number of aromatic nitrogens is 1. The highest BCUT2D eigenvalue weighted by Gasteiger charge is 2.29. The zero-order valence-electron chi connectivity index (χ0n) is 14.4. The third kappa shape index (κ3) is 4.39. The number of anilines is 1. The molecule has 138 valence electrons. The van der Waals surface area contributed by atoms with Crippen LogP contribution in [0.2, 0.25) is 0 Å². The van der Waals surface area contributed by atoms with Crippen molar-refractivity contribution in [2.45, 2.75) is 47.9 Å². The van der Waals surface area contributed by atoms with Gasteiger partial charge in [-0.1, -0.05) is 49.3 Å². The van der Waals surface area contributed by atoms with Crippen molar-refractivity contribution in [2.75, 3.05) is 17.6 Å². The van der Waals surface area contributed by atoms with Crippen molar-refractivity contribution in [3.8, 4) is 0 Å². The SMILES string of the molecule is CCCCNc1sc(S(=O)(=O)CC)nc1S(=O)(=O)c1ccc(C)cc1. The van der Waals surface area contributed by atoms with Crippen molar-refractivity contribution in [2.24, 2.45) is 0 Å². The van der Waals surface area contributed by atoms with E-state index in [9.17, 15) is 16.8 Å². The lowest BCUT2D eigenvalue weighted by Gasteiger charge is -2.07. The number of nitrogens with zero attached hydrogens (tertiary/aromatic N) is 1. The zero-order chi connectivity index (χ0) is 18.7. The predicted molar refractivity (Wildman–Crippen MR) is 99.9 cm³/mol. The van der Waals surface area contributed by atoms with E-state index < -0.39 is 19.7 Å². The van der Waals surface area contributed by atoms with Gasteiger partial charge in [-0.15, -0.1) is 0 Å². The first kappa shape index (κ1) is 19.9. The number of thiazole rings is 1. The fraction of sp³-hybridized carbons (Fsp3) is 0.438. The first-order valence-corrected chi connectivity index (χ1v) is 12.0. The Labute approximate surface area is 153 Å². The van der Waals surface area contributed by atoms with Gasteiger partial charge in [0.2, 0.25) is 24.0 Å². The third-order valence-electron chi connectivity index (χ3n) is 3.62. The van der Waals surface area contributed by atoms with Gasteiger partial charge in [-0.2, -0.15) is 0 Å². The molecule has 0 bridgehead atoms. The molecule has 2 rings (SSSR count). The monoisotopic (exact) mass is 402 g/mol. The van der Waals surface area contributed by atoms with E-state index in [0.29, 0.717) is 6.54 Å². The van der Waals surface area contributed by atoms with Gasteiger partial charge in [0, 0.05) is 6.54 Å². The minimum Gasteiger partial charge on any atom is -0.374 e. The first-order valence-electron chi connectivity index (χ1n) is 8.01. The third-order valence-corrected chi connectivity index (χ3v) is 8.65. The molecule has 0 fully saturated rings. The molecule has 0 amide bonds. The maximum atomic E-state index is 12.9. The molecule has 1 aromatic heterocycles. The van der Waals surface area contributed by atoms with Crippen LogP contribution in [0.5, 0.6) is 0 Å². The maximum absolute atomic E-state index is 12.9. The largest absolute Gasteiger partial charge is 0.374 e. The van der Waals surface area contributed by atoms with E-state index in [0.717, 1.165) is 29.7 Å². The average molecular weight is 403 g/mol. The van der Waals surface area contributed by atoms with Gasteiger partial charge in [0.1, 0.15) is 5.00 Å². The lowest BCUT2D eigenvalue weighted by molar-refractivity contribution is 0.590. The van der Waals surface area contributed by atoms with E-state index >= 15 is 0 Å². The Kier molecular flexibility index (Phi) is 6.23. The van der Waals surface area contributed by atoms with E-state index in [-0.39, 0.29) is 25.0 Å². The van der Waals surface area contributed by atoms with Crippen LogP contribution in [-0.4, -0.2) is 34.1 Å². The number of sulfone groups is 2. The molecule has 1 aromatic carbocycles. The van der Waals surface area contributed by atoms with Crippen LogP contribution in [0.25, 0.3) is 0 Å². The second kappa shape index (κ2) is 7.84. The molecule has 2 aromatic rings. The van der Waals surface area contributed by atoms with Crippen LogP contribution in [0.3, 0.4) is 0 Å². The van der Waals surface area contributed by atoms with Gasteiger partial charge in [0.15, 0.2) is 5.03 Å². The molecule has 0 atom stereocenters. The molecule has 0 saturated carbocycles. The summed E-state index contributed by atoms with van der Waals surface area (Å²) in [5.41, 5.74) is 0.938. The van der Waals surface area contributed by atoms with E-state index in [1.54, 1.807) is 12.1 Å². The molecule has 0 spiro atoms. The van der Waals surface area contributed by atoms with Crippen molar-refractivity contribution in [3.63, 3.8) is 0 Å². The standard InChI is InChI=1S/C16H22N2O4S3/c1-4-6-11-17-14-15(18-16(23-14)24(19,20)5-2)25(21,22)13-9-7-12(3)8-10-13/h7-10,17H,4-6,11H2,1-3H3. The lowest BCUT2D eigenvalue weighted by atomic mass is 10.2. The molecule has 0 aliphatic heterocycles. The van der Waals surface area contributed by atoms with Gasteiger partial charge in [-0.05, 0) is 25.5 Å². The second-order valence-corrected chi connectivity index (χ2v) is 10.9. The smallest absolute Gasteiger partial charge is 0.226 e. The van der Waals surface area contributed by atoms with Crippen LogP contribution >= 0.6 is 11.3 Å². The molecule has 0 aliphatic carbocycles. The van der Waals surface area contributed by atoms with Gasteiger partial charge >= 0.3 is 0 Å². The Bertz CT molecular complexity index is 930. The van der Waals surface area contributed by atoms with Gasteiger partial charge in [0.05, 0.1) is 10.6 Å². The summed E-state index contributed by atoms with van der Waals surface area (Å²) < 4.78 is 50.0. The summed E-state index contributed by atoms with van der Waals surface area (Å²) in [5.74, 6) is -0.126. The molecule has 0 radical (unpaired) electrons. The van der Waals surface area contributed by atoms with Crippen molar-refractivity contribution in [1.29, 1.82) is 0 Å². The minimum absolute atomic E-state index is 0.0994. The predicted octanol–water partition coefficient (Wildman–Crippen LogP) is 3.29. The number of hydrogen-bond donors (Lipinski definition) is 1. The minimum atomic E-state index is -3.90. The van der Waals surface area contributed by atoms with Crippen LogP contribution in [0, 0.1) is 6.92 Å². The van der Waals surface area contributed by atoms with E-state index in [2.05, 4.69) is 10.3 Å². The number of nitrogens with one attached hydrogen (secondary N) is 1. The molecule has 25 heavy (non-hydrogen) atoms. The topological polar surface area (TPSA) is 93.2 Å². The molecule has 1 N–H and O–H groups in total. The summed E-state index contributed by atoms with van der Waals surface area (Å²) in [6.45, 7) is 5.95. The Morgan fingerprint density at radius 2 is 1.72 bits per heavy atom. The van der Waals surface area contributed by atoms with Crippen LogP contribution in [0.4, 0.5) is 5.00 Å². The summed E-state index contributed by atoms with van der Waals surface area (Å²) in [6.07, 6.45) is 1.78. The molecular formula is C16H22N2O4S3. The van der Waals surface area contributed by atoms with Crippen molar-refractivity contribution in [1.82, 2.24) is 4.98 Å². The van der Waals surface area contributed by atoms with Crippen molar-refractivity contribution >= 4 is 36.0 Å². The van der Waals surface area contributed by atoms with Gasteiger partial charge < -0.3 is 5.32 Å². The summed E-state index contributed by atoms with van der Waals surface area (Å²) >= 11 is 0.877. The number of rotatable bonds is 8. The Morgan fingerprint density at radius 1 is 1.08 bits per heavy atom. The van der Waals surface area contributed by atoms with Crippen LogP contribution in [0.15, 0.2) is 38.5 Å². The Morgan fingerprint density at radius 3 is 2.28 bits per heavy atom. The number of hydrogen-bond acceptors (Lipinski definition) is 7. The number of benzene rings is 1. The fourth-order valence-corrected chi connectivity index (χ4v) is 6.07. The molecule has 9 heteroatoms. The molecule has 0 saturated heterocycles. The molecule has 6 nitrogen and oxygen atoms in total. The second-order valence-electron chi connectivity index (χ2n) is 5.61. The molecule has 0 aliphatic rings. The maximum Gasteiger partial charge on any atom is 0.226 e. The van der Waals surface area contributed by atoms with Gasteiger partial charge in [-0.25, -0.2) is 21.8 Å². The highest BCUT2D eigenvalue weighted by molar-refractivity contribution is 7.94. The summed E-state index contributed by atoms with van der Waals surface area (Å²) in [7, 11) is -7.48. The average Bonchev–Trinajstić information content (AvgIpc) is 3.01. The van der Waals surface area contributed by atoms with Crippen LogP contribution in [-0.2, 0) is 19.7 Å². The first-order chi connectivity index (χ1) is 11.7. The van der Waals surface area contributed by atoms with Crippen molar-refractivity contribution < 1.29 is 16.8 Å². The van der Waals surface area contributed by atoms with Crippen molar-refractivity contribution in [3.05, 3.63) is 29.8 Å². The number of unbranched alkanes of at least 4 members (excludes halogenated alkanes) is 1. The molecular weight excluding hydrogens is 380 g/mol. The van der Waals surface area contributed by atoms with E-state index in [1.807, 2.05) is 13.8 Å². The number of aryl methyl sites for hydroxylation is 1. The normalized spacial score (nSPS) is 12.3.